The third-order valence-electron chi connectivity index (χ3n) is 0.604. The topological polar surface area (TPSA) is 20.3 Å². The molecule has 0 aliphatic carbocycles. The van der Waals surface area contributed by atoms with Gasteiger partial charge in [0.25, 0.3) is 0 Å². The number of hydrogen-bond donors (Lipinski definition) is 0. The molecule has 3 heteroatoms. The van der Waals surface area contributed by atoms with Crippen molar-refractivity contribution in [2.45, 2.75) is 0 Å². The lowest BCUT2D eigenvalue weighted by atomic mass is 10.4. The molecule has 2 nitrogen and oxygen atoms in total. The van der Waals surface area contributed by atoms with Gasteiger partial charge in [0, 0.05) is 5.37 Å². The molecule has 0 amide bonds. The summed E-state index contributed by atoms with van der Waals surface area (Å²) in [4.78, 5) is 12.2. The van der Waals surface area contributed by atoms with E-state index in [2.05, 4.69) is 12.2 Å². The average Bonchev–Trinajstić information content (AvgIpc) is 1.65. The van der Waals surface area contributed by atoms with Gasteiger partial charge in [-0.2, -0.15) is 0 Å². The summed E-state index contributed by atoms with van der Waals surface area (Å²) in [5.74, 6) is -0.00926. The summed E-state index contributed by atoms with van der Waals surface area (Å²) in [5.41, 5.74) is 0. The van der Waals surface area contributed by atoms with Gasteiger partial charge in [-0.1, -0.05) is 12.2 Å². The highest BCUT2D eigenvalue weighted by Gasteiger charge is 1.95. The van der Waals surface area contributed by atoms with Gasteiger partial charge in [0.1, 0.15) is 0 Å². The van der Waals surface area contributed by atoms with Crippen LogP contribution in [0.25, 0.3) is 0 Å². The van der Waals surface area contributed by atoms with Crippen molar-refractivity contribution in [1.82, 2.24) is 4.90 Å². The van der Waals surface area contributed by atoms with Gasteiger partial charge in [-0.05, 0) is 14.1 Å². The van der Waals surface area contributed by atoms with Crippen molar-refractivity contribution in [3.63, 3.8) is 0 Å². The van der Waals surface area contributed by atoms with Gasteiger partial charge in [-0.25, -0.2) is 0 Å². The van der Waals surface area contributed by atoms with Crippen molar-refractivity contribution in [2.75, 3.05) is 20.6 Å². The summed E-state index contributed by atoms with van der Waals surface area (Å²) in [6.07, 6.45) is 0. The van der Waals surface area contributed by atoms with E-state index in [0.29, 0.717) is 6.54 Å². The van der Waals surface area contributed by atoms with Crippen molar-refractivity contribution in [3.8, 4) is 0 Å². The second-order valence-corrected chi connectivity index (χ2v) is 2.06. The second-order valence-electron chi connectivity index (χ2n) is 1.82. The minimum absolute atomic E-state index is 0.00926. The fourth-order valence-corrected chi connectivity index (χ4v) is 0.423. The van der Waals surface area contributed by atoms with Gasteiger partial charge in [0.15, 0.2) is 5.78 Å². The van der Waals surface area contributed by atoms with E-state index in [9.17, 15) is 4.79 Å². The van der Waals surface area contributed by atoms with Crippen LogP contribution in [-0.2, 0) is 4.79 Å². The SMILES string of the molecule is CN(C)CC(=O)C=S. The quantitative estimate of drug-likeness (QED) is 0.507. The molecule has 0 aliphatic rings. The van der Waals surface area contributed by atoms with E-state index in [-0.39, 0.29) is 5.78 Å². The lowest BCUT2D eigenvalue weighted by Crippen LogP contribution is -2.21. The molecule has 8 heavy (non-hydrogen) atoms. The van der Waals surface area contributed by atoms with Crippen LogP contribution in [-0.4, -0.2) is 36.7 Å². The van der Waals surface area contributed by atoms with Gasteiger partial charge in [0.2, 0.25) is 0 Å². The van der Waals surface area contributed by atoms with Crippen molar-refractivity contribution < 1.29 is 4.79 Å². The Morgan fingerprint density at radius 2 is 2.25 bits per heavy atom. The molecule has 0 saturated heterocycles. The van der Waals surface area contributed by atoms with E-state index in [1.165, 1.54) is 5.37 Å². The third-order valence-corrected chi connectivity index (χ3v) is 0.866. The summed E-state index contributed by atoms with van der Waals surface area (Å²) in [6, 6.07) is 0. The number of hydrogen-bond acceptors (Lipinski definition) is 3. The van der Waals surface area contributed by atoms with Crippen LogP contribution in [0.2, 0.25) is 0 Å². The standard InChI is InChI=1S/C5H9NOS/c1-6(2)3-5(7)4-8/h4H,3H2,1-2H3. The molecule has 46 valence electrons. The summed E-state index contributed by atoms with van der Waals surface area (Å²) in [6.45, 7) is 0.420. The molecule has 0 fully saturated rings. The molecule has 0 unspecified atom stereocenters. The maximum Gasteiger partial charge on any atom is 0.180 e. The zero-order valence-electron chi connectivity index (χ0n) is 5.05. The highest BCUT2D eigenvalue weighted by Crippen LogP contribution is 1.73. The highest BCUT2D eigenvalue weighted by molar-refractivity contribution is 7.80. The number of nitrogens with zero attached hydrogens (tertiary/aromatic N) is 1. The first-order chi connectivity index (χ1) is 3.66. The Morgan fingerprint density at radius 1 is 1.75 bits per heavy atom. The van der Waals surface area contributed by atoms with Crippen LogP contribution in [0.5, 0.6) is 0 Å². The minimum atomic E-state index is -0.00926. The Hall–Kier alpha value is -0.280. The minimum Gasteiger partial charge on any atom is -0.302 e. The molecule has 0 N–H and O–H groups in total. The molecule has 0 aliphatic heterocycles. The fourth-order valence-electron chi connectivity index (χ4n) is 0.349. The first-order valence-corrected chi connectivity index (χ1v) is 2.76. The smallest absolute Gasteiger partial charge is 0.180 e. The molecule has 0 aromatic rings. The number of thiocarbonyl (C=S) groups is 1. The van der Waals surface area contributed by atoms with Gasteiger partial charge < -0.3 is 4.90 Å². The number of Topliss-reactive ketones (excluding diaryl/α,β-unsaturated/α-hetero) is 1. The summed E-state index contributed by atoms with van der Waals surface area (Å²) in [7, 11) is 3.66. The molecule has 0 atom stereocenters. The molecule has 0 heterocycles. The largest absolute Gasteiger partial charge is 0.302 e. The molecule has 0 spiro atoms. The number of carbonyl (C=O) groups excluding carboxylic acids is 1. The second kappa shape index (κ2) is 3.69. The highest BCUT2D eigenvalue weighted by atomic mass is 32.1. The molecule has 0 aromatic heterocycles. The summed E-state index contributed by atoms with van der Waals surface area (Å²) >= 11 is 4.39. The summed E-state index contributed by atoms with van der Waals surface area (Å²) in [5, 5.41) is 1.17. The predicted molar refractivity (Wildman–Crippen MR) is 37.2 cm³/mol. The fraction of sp³-hybridized carbons (Fsp3) is 0.600. The van der Waals surface area contributed by atoms with Gasteiger partial charge in [-0.15, -0.1) is 0 Å². The van der Waals surface area contributed by atoms with Crippen LogP contribution < -0.4 is 0 Å². The first-order valence-electron chi connectivity index (χ1n) is 2.29. The Kier molecular flexibility index (Phi) is 3.56. The normalized spacial score (nSPS) is 9.38. The predicted octanol–water partition coefficient (Wildman–Crippen LogP) is 0.117. The number of likely N-dealkylation sites (N-methyl/N-ethyl adjacent to an activating group) is 1. The molecule has 0 rings (SSSR count). The molecular formula is C5H9NOS. The van der Waals surface area contributed by atoms with Crippen LogP contribution in [0.3, 0.4) is 0 Å². The average molecular weight is 131 g/mol. The summed E-state index contributed by atoms with van der Waals surface area (Å²) < 4.78 is 0. The molecular weight excluding hydrogens is 122 g/mol. The van der Waals surface area contributed by atoms with Crippen LogP contribution in [0.15, 0.2) is 0 Å². The van der Waals surface area contributed by atoms with Crippen LogP contribution in [0.1, 0.15) is 0 Å². The van der Waals surface area contributed by atoms with E-state index in [4.69, 9.17) is 0 Å². The Labute approximate surface area is 54.5 Å². The van der Waals surface area contributed by atoms with Crippen LogP contribution >= 0.6 is 12.2 Å². The Bertz CT molecular complexity index is 101. The monoisotopic (exact) mass is 131 g/mol. The van der Waals surface area contributed by atoms with Crippen LogP contribution in [0.4, 0.5) is 0 Å². The van der Waals surface area contributed by atoms with E-state index >= 15 is 0 Å². The molecule has 0 bridgehead atoms. The van der Waals surface area contributed by atoms with E-state index in [1.54, 1.807) is 4.90 Å². The van der Waals surface area contributed by atoms with Crippen molar-refractivity contribution in [3.05, 3.63) is 0 Å². The number of carbonyl (C=O) groups is 1. The maximum atomic E-state index is 10.4. The van der Waals surface area contributed by atoms with Crippen molar-refractivity contribution in [2.24, 2.45) is 0 Å². The molecule has 0 radical (unpaired) electrons. The van der Waals surface area contributed by atoms with Crippen molar-refractivity contribution >= 4 is 23.4 Å². The molecule has 0 aromatic carbocycles. The van der Waals surface area contributed by atoms with Gasteiger partial charge in [-0.3, -0.25) is 4.79 Å². The lowest BCUT2D eigenvalue weighted by Gasteiger charge is -2.03. The number of rotatable bonds is 3. The van der Waals surface area contributed by atoms with Crippen molar-refractivity contribution in [1.29, 1.82) is 0 Å². The lowest BCUT2D eigenvalue weighted by molar-refractivity contribution is -0.112. The van der Waals surface area contributed by atoms with Gasteiger partial charge >= 0.3 is 0 Å². The molecule has 0 saturated carbocycles. The Balaban J connectivity index is 3.39. The Morgan fingerprint density at radius 3 is 2.38 bits per heavy atom. The maximum absolute atomic E-state index is 10.4. The van der Waals surface area contributed by atoms with Gasteiger partial charge in [0.05, 0.1) is 6.54 Å². The van der Waals surface area contributed by atoms with E-state index < -0.39 is 0 Å². The van der Waals surface area contributed by atoms with E-state index in [0.717, 1.165) is 0 Å². The zero-order chi connectivity index (χ0) is 6.57. The zero-order valence-corrected chi connectivity index (χ0v) is 5.86. The number of ketones is 1. The first kappa shape index (κ1) is 7.72. The third kappa shape index (κ3) is 3.89. The van der Waals surface area contributed by atoms with Crippen LogP contribution in [0, 0.1) is 0 Å². The van der Waals surface area contributed by atoms with E-state index in [1.807, 2.05) is 14.1 Å².